The highest BCUT2D eigenvalue weighted by atomic mass is 35.5. The molecule has 0 aromatic heterocycles. The Morgan fingerprint density at radius 3 is 2.77 bits per heavy atom. The first-order valence-electron chi connectivity index (χ1n) is 8.33. The topological polar surface area (TPSA) is 85.9 Å². The van der Waals surface area contributed by atoms with Crippen molar-refractivity contribution in [2.24, 2.45) is 5.10 Å². The third-order valence-corrected chi connectivity index (χ3v) is 3.59. The molecule has 0 radical (unpaired) electrons. The number of nitrogen functional groups attached to an aromatic ring is 1. The van der Waals surface area contributed by atoms with Crippen LogP contribution in [-0.2, 0) is 0 Å². The summed E-state index contributed by atoms with van der Waals surface area (Å²) >= 11 is 6.29. The Balaban J connectivity index is 2.12. The molecule has 0 heterocycles. The van der Waals surface area contributed by atoms with E-state index in [1.54, 1.807) is 36.4 Å². The quantitative estimate of drug-likeness (QED) is 0.416. The van der Waals surface area contributed by atoms with Crippen molar-refractivity contribution in [1.82, 2.24) is 5.43 Å². The number of nitrogens with one attached hydrogen (secondary N) is 1. The summed E-state index contributed by atoms with van der Waals surface area (Å²) in [5.41, 5.74) is 9.74. The van der Waals surface area contributed by atoms with E-state index in [9.17, 15) is 4.79 Å². The van der Waals surface area contributed by atoms with Gasteiger partial charge in [-0.2, -0.15) is 5.10 Å². The van der Waals surface area contributed by atoms with Crippen LogP contribution in [0.25, 0.3) is 0 Å². The molecule has 0 fully saturated rings. The van der Waals surface area contributed by atoms with E-state index in [0.717, 1.165) is 6.42 Å². The number of hydrogen-bond donors (Lipinski definition) is 2. The van der Waals surface area contributed by atoms with Gasteiger partial charge in [0.25, 0.3) is 5.91 Å². The summed E-state index contributed by atoms with van der Waals surface area (Å²) in [4.78, 5) is 12.0. The number of nitrogens with zero attached hydrogens (tertiary/aromatic N) is 1. The van der Waals surface area contributed by atoms with Crippen LogP contribution in [0.5, 0.6) is 11.5 Å². The van der Waals surface area contributed by atoms with E-state index in [0.29, 0.717) is 46.5 Å². The Hall–Kier alpha value is -2.73. The molecule has 7 heteroatoms. The second-order valence-corrected chi connectivity index (χ2v) is 5.84. The van der Waals surface area contributed by atoms with E-state index >= 15 is 0 Å². The second-order valence-electron chi connectivity index (χ2n) is 5.44. The van der Waals surface area contributed by atoms with E-state index in [4.69, 9.17) is 26.8 Å². The van der Waals surface area contributed by atoms with Crippen LogP contribution >= 0.6 is 11.6 Å². The minimum absolute atomic E-state index is 0.354. The summed E-state index contributed by atoms with van der Waals surface area (Å²) in [6.45, 7) is 4.91. The zero-order chi connectivity index (χ0) is 18.9. The van der Waals surface area contributed by atoms with Gasteiger partial charge >= 0.3 is 0 Å². The summed E-state index contributed by atoms with van der Waals surface area (Å²) in [7, 11) is 0. The number of carbonyl (C=O) groups is 1. The maximum absolute atomic E-state index is 12.0. The Morgan fingerprint density at radius 2 is 2.08 bits per heavy atom. The minimum Gasteiger partial charge on any atom is -0.490 e. The van der Waals surface area contributed by atoms with Gasteiger partial charge in [0, 0.05) is 11.3 Å². The van der Waals surface area contributed by atoms with Crippen LogP contribution in [0.3, 0.4) is 0 Å². The normalized spacial score (nSPS) is 10.7. The van der Waals surface area contributed by atoms with Crippen molar-refractivity contribution in [3.63, 3.8) is 0 Å². The molecule has 0 saturated heterocycles. The predicted molar refractivity (Wildman–Crippen MR) is 104 cm³/mol. The molecule has 2 aromatic carbocycles. The molecule has 138 valence electrons. The fourth-order valence-corrected chi connectivity index (χ4v) is 2.45. The molecule has 0 aliphatic rings. The number of benzene rings is 2. The zero-order valence-corrected chi connectivity index (χ0v) is 15.5. The number of hydrogen-bond acceptors (Lipinski definition) is 5. The SMILES string of the molecule is CCCOc1c(Cl)cc(/C=N\NC(=O)c2cccc(N)c2)cc1OCC. The lowest BCUT2D eigenvalue weighted by molar-refractivity contribution is 0.0955. The van der Waals surface area contributed by atoms with Gasteiger partial charge in [0.15, 0.2) is 11.5 Å². The molecular weight excluding hydrogens is 354 g/mol. The van der Waals surface area contributed by atoms with Crippen LogP contribution in [0.4, 0.5) is 5.69 Å². The van der Waals surface area contributed by atoms with Gasteiger partial charge in [-0.1, -0.05) is 24.6 Å². The average Bonchev–Trinajstić information content (AvgIpc) is 2.61. The van der Waals surface area contributed by atoms with E-state index in [1.807, 2.05) is 13.8 Å². The van der Waals surface area contributed by atoms with Gasteiger partial charge in [0.2, 0.25) is 0 Å². The van der Waals surface area contributed by atoms with E-state index in [1.165, 1.54) is 6.21 Å². The number of hydrazone groups is 1. The monoisotopic (exact) mass is 375 g/mol. The molecule has 1 amide bonds. The van der Waals surface area contributed by atoms with Crippen LogP contribution < -0.4 is 20.6 Å². The maximum Gasteiger partial charge on any atom is 0.271 e. The number of nitrogens with two attached hydrogens (primary N) is 1. The Morgan fingerprint density at radius 1 is 1.27 bits per heavy atom. The molecule has 0 saturated carbocycles. The molecule has 0 aliphatic carbocycles. The lowest BCUT2D eigenvalue weighted by Gasteiger charge is -2.13. The molecule has 2 aromatic rings. The maximum atomic E-state index is 12.0. The first-order valence-corrected chi connectivity index (χ1v) is 8.71. The molecule has 6 nitrogen and oxygen atoms in total. The minimum atomic E-state index is -0.354. The fourth-order valence-electron chi connectivity index (χ4n) is 2.18. The zero-order valence-electron chi connectivity index (χ0n) is 14.8. The number of carbonyl (C=O) groups excluding carboxylic acids is 1. The van der Waals surface area contributed by atoms with Crippen molar-refractivity contribution in [3.8, 4) is 11.5 Å². The number of ether oxygens (including phenoxy) is 2. The van der Waals surface area contributed by atoms with Crippen LogP contribution in [0.1, 0.15) is 36.2 Å². The highest BCUT2D eigenvalue weighted by molar-refractivity contribution is 6.32. The van der Waals surface area contributed by atoms with Crippen LogP contribution in [0, 0.1) is 0 Å². The molecule has 0 spiro atoms. The van der Waals surface area contributed by atoms with Crippen LogP contribution in [-0.4, -0.2) is 25.3 Å². The van der Waals surface area contributed by atoms with Crippen molar-refractivity contribution < 1.29 is 14.3 Å². The van der Waals surface area contributed by atoms with Gasteiger partial charge in [-0.3, -0.25) is 4.79 Å². The summed E-state index contributed by atoms with van der Waals surface area (Å²) in [5.74, 6) is 0.695. The molecule has 26 heavy (non-hydrogen) atoms. The van der Waals surface area contributed by atoms with Crippen molar-refractivity contribution in [2.75, 3.05) is 18.9 Å². The Bertz CT molecular complexity index is 794. The number of amides is 1. The van der Waals surface area contributed by atoms with Crippen molar-refractivity contribution in [1.29, 1.82) is 0 Å². The van der Waals surface area contributed by atoms with Gasteiger partial charge < -0.3 is 15.2 Å². The molecule has 0 aliphatic heterocycles. The first kappa shape index (κ1) is 19.6. The smallest absolute Gasteiger partial charge is 0.271 e. The summed E-state index contributed by atoms with van der Waals surface area (Å²) in [6.07, 6.45) is 2.35. The van der Waals surface area contributed by atoms with Crippen LogP contribution in [0.2, 0.25) is 5.02 Å². The van der Waals surface area contributed by atoms with E-state index in [2.05, 4.69) is 10.5 Å². The standard InChI is InChI=1S/C19H22ClN3O3/c1-3-8-26-18-16(20)9-13(10-17(18)25-4-2)12-22-23-19(24)14-6-5-7-15(21)11-14/h5-7,9-12H,3-4,8,21H2,1-2H3,(H,23,24)/b22-12-. The first-order chi connectivity index (χ1) is 12.5. The lowest BCUT2D eigenvalue weighted by atomic mass is 10.2. The van der Waals surface area contributed by atoms with Gasteiger partial charge in [-0.25, -0.2) is 5.43 Å². The third kappa shape index (κ3) is 5.39. The van der Waals surface area contributed by atoms with Crippen molar-refractivity contribution in [3.05, 3.63) is 52.5 Å². The number of anilines is 1. The number of halogens is 1. The molecule has 0 atom stereocenters. The van der Waals surface area contributed by atoms with E-state index in [-0.39, 0.29) is 5.91 Å². The predicted octanol–water partition coefficient (Wildman–Crippen LogP) is 3.87. The Kier molecular flexibility index (Phi) is 7.29. The largest absolute Gasteiger partial charge is 0.490 e. The average molecular weight is 376 g/mol. The molecule has 0 bridgehead atoms. The van der Waals surface area contributed by atoms with Crippen molar-refractivity contribution >= 4 is 29.4 Å². The molecule has 0 unspecified atom stereocenters. The van der Waals surface area contributed by atoms with Crippen molar-refractivity contribution in [2.45, 2.75) is 20.3 Å². The van der Waals surface area contributed by atoms with Gasteiger partial charge in [0.1, 0.15) is 0 Å². The molecule has 2 rings (SSSR count). The summed E-state index contributed by atoms with van der Waals surface area (Å²) < 4.78 is 11.2. The number of rotatable bonds is 8. The molecule has 3 N–H and O–H groups in total. The van der Waals surface area contributed by atoms with Gasteiger partial charge in [-0.15, -0.1) is 0 Å². The van der Waals surface area contributed by atoms with Gasteiger partial charge in [0.05, 0.1) is 24.5 Å². The van der Waals surface area contributed by atoms with Crippen LogP contribution in [0.15, 0.2) is 41.5 Å². The Labute approximate surface area is 157 Å². The second kappa shape index (κ2) is 9.68. The fraction of sp³-hybridized carbons (Fsp3) is 0.263. The van der Waals surface area contributed by atoms with E-state index < -0.39 is 0 Å². The lowest BCUT2D eigenvalue weighted by Crippen LogP contribution is -2.17. The third-order valence-electron chi connectivity index (χ3n) is 3.31. The summed E-state index contributed by atoms with van der Waals surface area (Å²) in [5, 5.41) is 4.39. The summed E-state index contributed by atoms with van der Waals surface area (Å²) in [6, 6.07) is 10.1. The molecular formula is C19H22ClN3O3. The highest BCUT2D eigenvalue weighted by Gasteiger charge is 2.12. The van der Waals surface area contributed by atoms with Gasteiger partial charge in [-0.05, 0) is 49.2 Å². The highest BCUT2D eigenvalue weighted by Crippen LogP contribution is 2.36.